The molecule has 4 rings (SSSR count). The van der Waals surface area contributed by atoms with Gasteiger partial charge in [-0.1, -0.05) is 65.7 Å². The number of imidazole rings is 1. The number of pyridine rings is 1. The van der Waals surface area contributed by atoms with Gasteiger partial charge in [-0.2, -0.15) is 0 Å². The van der Waals surface area contributed by atoms with Crippen molar-refractivity contribution in [1.29, 1.82) is 0 Å². The summed E-state index contributed by atoms with van der Waals surface area (Å²) in [4.78, 5) is 8.80. The van der Waals surface area contributed by atoms with Gasteiger partial charge in [-0.3, -0.25) is 4.98 Å². The molecule has 0 bridgehead atoms. The summed E-state index contributed by atoms with van der Waals surface area (Å²) in [7, 11) is 5.88. The number of fused-ring (bicyclic) bond motifs is 1. The second-order valence-electron chi connectivity index (χ2n) is 5.61. The molecule has 6 heteroatoms. The maximum atomic E-state index is 4.52. The Labute approximate surface area is 178 Å². The molecule has 0 fully saturated rings. The van der Waals surface area contributed by atoms with Crippen LogP contribution in [0.25, 0.3) is 22.6 Å². The quantitative estimate of drug-likeness (QED) is 0.271. The van der Waals surface area contributed by atoms with Crippen molar-refractivity contribution < 1.29 is 21.1 Å². The number of aromatic nitrogens is 3. The number of hydrogen-bond donors (Lipinski definition) is 0. The van der Waals surface area contributed by atoms with Crippen LogP contribution >= 0.6 is 17.2 Å². The fourth-order valence-electron chi connectivity index (χ4n) is 2.69. The van der Waals surface area contributed by atoms with Crippen molar-refractivity contribution in [1.82, 2.24) is 14.5 Å². The van der Waals surface area contributed by atoms with Crippen LogP contribution in [0.1, 0.15) is 0 Å². The van der Waals surface area contributed by atoms with Crippen LogP contribution in [0.2, 0.25) is 0 Å². The van der Waals surface area contributed by atoms with Gasteiger partial charge < -0.3 is 9.55 Å². The number of benzene rings is 2. The van der Waals surface area contributed by atoms with Crippen molar-refractivity contribution >= 4 is 38.8 Å². The third kappa shape index (κ3) is 5.26. The van der Waals surface area contributed by atoms with Gasteiger partial charge in [-0.15, -0.1) is 7.05 Å². The van der Waals surface area contributed by atoms with E-state index < -0.39 is 0 Å². The third-order valence-electron chi connectivity index (χ3n) is 4.01. The number of para-hydroxylation sites is 2. The molecule has 2 aromatic heterocycles. The Balaban J connectivity index is 0.000000208. The first-order valence-corrected chi connectivity index (χ1v) is 11.4. The van der Waals surface area contributed by atoms with Crippen molar-refractivity contribution in [3.05, 3.63) is 80.0 Å². The molecule has 0 N–H and O–H groups in total. The molecule has 142 valence electrons. The third-order valence-corrected chi connectivity index (χ3v) is 6.21. The van der Waals surface area contributed by atoms with Crippen LogP contribution in [0.5, 0.6) is 0 Å². The zero-order valence-corrected chi connectivity index (χ0v) is 19.6. The second kappa shape index (κ2) is 10.7. The first kappa shape index (κ1) is 21.8. The fraction of sp³-hybridized carbons (Fsp3) is 0.0952. The Morgan fingerprint density at radius 1 is 0.815 bits per heavy atom. The van der Waals surface area contributed by atoms with Gasteiger partial charge in [0, 0.05) is 38.5 Å². The summed E-state index contributed by atoms with van der Waals surface area (Å²) >= 11 is 0. The summed E-state index contributed by atoms with van der Waals surface area (Å²) in [5.74, 6) is 0.793. The first-order valence-electron chi connectivity index (χ1n) is 8.39. The van der Waals surface area contributed by atoms with Crippen LogP contribution in [0, 0.1) is 7.05 Å². The first-order chi connectivity index (χ1) is 12.7. The zero-order chi connectivity index (χ0) is 18.4. The summed E-state index contributed by atoms with van der Waals surface area (Å²) in [6, 6.07) is 22.4. The van der Waals surface area contributed by atoms with E-state index in [2.05, 4.69) is 54.6 Å². The normalized spacial score (nSPS) is 10.9. The average molecular weight is 573 g/mol. The summed E-state index contributed by atoms with van der Waals surface area (Å²) in [5, 5.41) is 3.06. The summed E-state index contributed by atoms with van der Waals surface area (Å²) in [5.41, 5.74) is 2.80. The van der Waals surface area contributed by atoms with Crippen molar-refractivity contribution in [3.8, 4) is 11.5 Å². The van der Waals surface area contributed by atoms with Crippen LogP contribution in [-0.2, 0) is 21.1 Å². The molecule has 2 unspecified atom stereocenters. The molecule has 0 amide bonds. The predicted molar refractivity (Wildman–Crippen MR) is 118 cm³/mol. The van der Waals surface area contributed by atoms with E-state index in [9.17, 15) is 0 Å². The van der Waals surface area contributed by atoms with E-state index in [-0.39, 0.29) is 21.1 Å². The van der Waals surface area contributed by atoms with Gasteiger partial charge in [-0.25, -0.2) is 0 Å². The Bertz CT molecular complexity index is 964. The van der Waals surface area contributed by atoms with Crippen LogP contribution in [0.3, 0.4) is 0 Å². The van der Waals surface area contributed by atoms with E-state index >= 15 is 0 Å². The van der Waals surface area contributed by atoms with E-state index in [0.717, 1.165) is 39.7 Å². The molecule has 0 aliphatic heterocycles. The molecular weight excluding hydrogens is 551 g/mol. The van der Waals surface area contributed by atoms with Gasteiger partial charge >= 0.3 is 0 Å². The molecule has 0 radical (unpaired) electrons. The minimum Gasteiger partial charge on any atom is -0.463 e. The van der Waals surface area contributed by atoms with Crippen molar-refractivity contribution in [3.63, 3.8) is 0 Å². The predicted octanol–water partition coefficient (Wildman–Crippen LogP) is 4.29. The molecular formula is C21H22N3P2Pt-. The van der Waals surface area contributed by atoms with E-state index in [0.29, 0.717) is 0 Å². The van der Waals surface area contributed by atoms with Crippen LogP contribution in [0.4, 0.5) is 0 Å². The number of rotatable bonds is 3. The monoisotopic (exact) mass is 573 g/mol. The van der Waals surface area contributed by atoms with Gasteiger partial charge in [0.1, 0.15) is 0 Å². The zero-order valence-electron chi connectivity index (χ0n) is 15.3. The summed E-state index contributed by atoms with van der Waals surface area (Å²) in [6.45, 7) is 4.47. The van der Waals surface area contributed by atoms with Crippen LogP contribution in [0.15, 0.2) is 72.9 Å². The van der Waals surface area contributed by atoms with Crippen molar-refractivity contribution in [2.24, 2.45) is 0 Å². The molecule has 0 aliphatic rings. The molecule has 0 spiro atoms. The van der Waals surface area contributed by atoms with Gasteiger partial charge in [0.25, 0.3) is 0 Å². The standard InChI is InChI=1S/C13H10N3.C8H12P2.Pt/c1-16-12-8-3-2-6-10(12)15-13(16)11-7-4-5-9-14-11;1-9-7-5-3-4-6-8(7)10-2;/h2-9H,1H2;3-6,9-10H,1-2H3;/q-1;;. The summed E-state index contributed by atoms with van der Waals surface area (Å²) in [6.07, 6.45) is 1.76. The SMILES string of the molecule is CPc1ccccc1PC.[CH2-]n1c(-c2ccccn2)nc2ccccc21.[Pt]. The van der Waals surface area contributed by atoms with Crippen molar-refractivity contribution in [2.45, 2.75) is 0 Å². The Hall–Kier alpha value is -1.52. The maximum Gasteiger partial charge on any atom is 0.0514 e. The Morgan fingerprint density at radius 2 is 1.41 bits per heavy atom. The molecule has 4 aromatic rings. The molecule has 0 saturated heterocycles. The second-order valence-corrected chi connectivity index (χ2v) is 7.69. The number of nitrogens with zero attached hydrogens (tertiary/aromatic N) is 3. The van der Waals surface area contributed by atoms with Gasteiger partial charge in [0.05, 0.1) is 5.82 Å². The average Bonchev–Trinajstić information content (AvgIpc) is 3.06. The van der Waals surface area contributed by atoms with Gasteiger partial charge in [-0.05, 0) is 47.7 Å². The molecule has 27 heavy (non-hydrogen) atoms. The van der Waals surface area contributed by atoms with E-state index in [1.807, 2.05) is 47.0 Å². The van der Waals surface area contributed by atoms with E-state index in [1.165, 1.54) is 10.6 Å². The van der Waals surface area contributed by atoms with Crippen LogP contribution in [-0.4, -0.2) is 27.9 Å². The molecule has 2 aromatic carbocycles. The van der Waals surface area contributed by atoms with Crippen molar-refractivity contribution in [2.75, 3.05) is 13.3 Å². The van der Waals surface area contributed by atoms with Gasteiger partial charge in [0.2, 0.25) is 0 Å². The smallest absolute Gasteiger partial charge is 0.0514 e. The Kier molecular flexibility index (Phi) is 8.65. The molecule has 2 heterocycles. The minimum atomic E-state index is 0. The van der Waals surface area contributed by atoms with E-state index in [1.54, 1.807) is 6.20 Å². The molecule has 0 aliphatic carbocycles. The largest absolute Gasteiger partial charge is 0.463 e. The molecule has 0 saturated carbocycles. The topological polar surface area (TPSA) is 30.7 Å². The Morgan fingerprint density at radius 3 is 1.96 bits per heavy atom. The van der Waals surface area contributed by atoms with Gasteiger partial charge in [0.15, 0.2) is 0 Å². The van der Waals surface area contributed by atoms with E-state index in [4.69, 9.17) is 0 Å². The summed E-state index contributed by atoms with van der Waals surface area (Å²) < 4.78 is 1.82. The molecule has 3 nitrogen and oxygen atoms in total. The minimum absolute atomic E-state index is 0. The van der Waals surface area contributed by atoms with Crippen LogP contribution < -0.4 is 10.6 Å². The maximum absolute atomic E-state index is 4.52. The fourth-order valence-corrected chi connectivity index (χ4v) is 4.67. The molecule has 2 atom stereocenters. The number of hydrogen-bond acceptors (Lipinski definition) is 2.